The average molecular weight is 438 g/mol. The standard InChI is InChI=1S/C25H31N3O4/c1-25(2)15-21-19(22(29)16-25)14-20(23(30)26-21)24(31)28-12-10-27(11-13-28)9-8-17-4-6-18(32-3)7-5-17/h4-7,14H,8-13,15-16H2,1-3H3,(H,26,30). The van der Waals surface area contributed by atoms with Crippen LogP contribution in [0.15, 0.2) is 35.1 Å². The lowest BCUT2D eigenvalue weighted by Gasteiger charge is -2.35. The number of aromatic nitrogens is 1. The Morgan fingerprint density at radius 3 is 2.41 bits per heavy atom. The van der Waals surface area contributed by atoms with Gasteiger partial charge in [0.2, 0.25) is 0 Å². The third-order valence-electron chi connectivity index (χ3n) is 6.48. The van der Waals surface area contributed by atoms with Crippen molar-refractivity contribution in [2.45, 2.75) is 33.1 Å². The topological polar surface area (TPSA) is 82.7 Å². The molecule has 0 spiro atoms. The molecule has 7 nitrogen and oxygen atoms in total. The number of hydrogen-bond acceptors (Lipinski definition) is 5. The molecule has 0 unspecified atom stereocenters. The maximum Gasteiger partial charge on any atom is 0.261 e. The zero-order chi connectivity index (χ0) is 22.9. The number of aromatic amines is 1. The lowest BCUT2D eigenvalue weighted by Crippen LogP contribution is -2.50. The minimum atomic E-state index is -0.402. The monoisotopic (exact) mass is 437 g/mol. The van der Waals surface area contributed by atoms with Gasteiger partial charge in [0, 0.05) is 50.4 Å². The number of benzene rings is 1. The van der Waals surface area contributed by atoms with Gasteiger partial charge >= 0.3 is 0 Å². The lowest BCUT2D eigenvalue weighted by atomic mass is 9.75. The van der Waals surface area contributed by atoms with E-state index in [4.69, 9.17) is 4.74 Å². The molecule has 1 aliphatic carbocycles. The SMILES string of the molecule is COc1ccc(CCN2CCN(C(=O)c3cc4c([nH]c3=O)CC(C)(C)CC4=O)CC2)cc1. The zero-order valence-electron chi connectivity index (χ0n) is 19.1. The molecule has 0 radical (unpaired) electrons. The van der Waals surface area contributed by atoms with Gasteiger partial charge in [0.1, 0.15) is 11.3 Å². The van der Waals surface area contributed by atoms with E-state index in [0.717, 1.165) is 31.8 Å². The van der Waals surface area contributed by atoms with Gasteiger partial charge in [0.25, 0.3) is 11.5 Å². The largest absolute Gasteiger partial charge is 0.497 e. The summed E-state index contributed by atoms with van der Waals surface area (Å²) in [6.07, 6.45) is 1.98. The van der Waals surface area contributed by atoms with Crippen molar-refractivity contribution in [1.29, 1.82) is 0 Å². The first-order valence-electron chi connectivity index (χ1n) is 11.2. The average Bonchev–Trinajstić information content (AvgIpc) is 2.77. The molecule has 1 aliphatic heterocycles. The summed E-state index contributed by atoms with van der Waals surface area (Å²) in [6, 6.07) is 9.60. The van der Waals surface area contributed by atoms with E-state index in [2.05, 4.69) is 22.0 Å². The molecule has 170 valence electrons. The summed E-state index contributed by atoms with van der Waals surface area (Å²) in [6.45, 7) is 7.60. The maximum absolute atomic E-state index is 13.1. The number of hydrogen-bond donors (Lipinski definition) is 1. The molecule has 2 heterocycles. The van der Waals surface area contributed by atoms with Crippen molar-refractivity contribution >= 4 is 11.7 Å². The number of piperazine rings is 1. The zero-order valence-corrected chi connectivity index (χ0v) is 19.1. The summed E-state index contributed by atoms with van der Waals surface area (Å²) >= 11 is 0. The van der Waals surface area contributed by atoms with Crippen LogP contribution in [0, 0.1) is 5.41 Å². The molecule has 0 bridgehead atoms. The number of pyridine rings is 1. The minimum Gasteiger partial charge on any atom is -0.497 e. The first-order chi connectivity index (χ1) is 15.3. The molecule has 4 rings (SSSR count). The van der Waals surface area contributed by atoms with Crippen LogP contribution in [-0.4, -0.2) is 66.3 Å². The van der Waals surface area contributed by atoms with E-state index in [-0.39, 0.29) is 22.7 Å². The first-order valence-corrected chi connectivity index (χ1v) is 11.2. The molecule has 1 aromatic carbocycles. The Morgan fingerprint density at radius 2 is 1.75 bits per heavy atom. The van der Waals surface area contributed by atoms with Crippen molar-refractivity contribution in [3.05, 3.63) is 63.1 Å². The second-order valence-corrected chi connectivity index (χ2v) is 9.58. The molecule has 1 fully saturated rings. The fourth-order valence-corrected chi connectivity index (χ4v) is 4.61. The van der Waals surface area contributed by atoms with E-state index in [1.165, 1.54) is 11.6 Å². The van der Waals surface area contributed by atoms with Gasteiger partial charge in [-0.05, 0) is 42.0 Å². The third kappa shape index (κ3) is 4.78. The van der Waals surface area contributed by atoms with Gasteiger partial charge in [-0.2, -0.15) is 0 Å². The second kappa shape index (κ2) is 8.90. The van der Waals surface area contributed by atoms with Crippen molar-refractivity contribution in [2.24, 2.45) is 5.41 Å². The van der Waals surface area contributed by atoms with Crippen molar-refractivity contribution in [3.63, 3.8) is 0 Å². The normalized spacial score (nSPS) is 18.3. The van der Waals surface area contributed by atoms with Gasteiger partial charge in [-0.1, -0.05) is 26.0 Å². The Labute approximate surface area is 188 Å². The number of Topliss-reactive ketones (excluding diaryl/α,β-unsaturated/α-hetero) is 1. The number of rotatable bonds is 5. The molecule has 1 saturated heterocycles. The van der Waals surface area contributed by atoms with Crippen LogP contribution in [0.2, 0.25) is 0 Å². The first kappa shape index (κ1) is 22.3. The molecule has 1 N–H and O–H groups in total. The van der Waals surface area contributed by atoms with Crippen molar-refractivity contribution in [2.75, 3.05) is 39.8 Å². The Kier molecular flexibility index (Phi) is 6.20. The van der Waals surface area contributed by atoms with E-state index in [1.807, 2.05) is 26.0 Å². The number of ketones is 1. The number of methoxy groups -OCH3 is 1. The highest BCUT2D eigenvalue weighted by atomic mass is 16.5. The third-order valence-corrected chi connectivity index (χ3v) is 6.48. The summed E-state index contributed by atoms with van der Waals surface area (Å²) in [5.41, 5.74) is 1.88. The van der Waals surface area contributed by atoms with Crippen LogP contribution in [0.1, 0.15) is 52.2 Å². The highest BCUT2D eigenvalue weighted by molar-refractivity contribution is 6.02. The van der Waals surface area contributed by atoms with Crippen molar-refractivity contribution in [1.82, 2.24) is 14.8 Å². The second-order valence-electron chi connectivity index (χ2n) is 9.58. The quantitative estimate of drug-likeness (QED) is 0.777. The smallest absolute Gasteiger partial charge is 0.261 e. The van der Waals surface area contributed by atoms with Crippen LogP contribution in [-0.2, 0) is 12.8 Å². The van der Waals surface area contributed by atoms with Gasteiger partial charge in [0.15, 0.2) is 5.78 Å². The molecular weight excluding hydrogens is 406 g/mol. The van der Waals surface area contributed by atoms with Crippen LogP contribution < -0.4 is 10.3 Å². The summed E-state index contributed by atoms with van der Waals surface area (Å²) in [5, 5.41) is 0. The molecule has 1 aromatic heterocycles. The van der Waals surface area contributed by atoms with Crippen LogP contribution in [0.3, 0.4) is 0 Å². The Bertz CT molecular complexity index is 1060. The predicted octanol–water partition coefficient (Wildman–Crippen LogP) is 2.54. The van der Waals surface area contributed by atoms with Crippen LogP contribution in [0.5, 0.6) is 5.75 Å². The van der Waals surface area contributed by atoms with E-state index >= 15 is 0 Å². The maximum atomic E-state index is 13.1. The van der Waals surface area contributed by atoms with E-state index < -0.39 is 5.56 Å². The summed E-state index contributed by atoms with van der Waals surface area (Å²) in [7, 11) is 1.66. The van der Waals surface area contributed by atoms with Gasteiger partial charge in [-0.3, -0.25) is 19.3 Å². The Morgan fingerprint density at radius 1 is 1.06 bits per heavy atom. The van der Waals surface area contributed by atoms with Gasteiger partial charge in [-0.15, -0.1) is 0 Å². The van der Waals surface area contributed by atoms with Gasteiger partial charge in [-0.25, -0.2) is 0 Å². The molecule has 7 heteroatoms. The van der Waals surface area contributed by atoms with Crippen molar-refractivity contribution in [3.8, 4) is 5.75 Å². The summed E-state index contributed by atoms with van der Waals surface area (Å²) in [5.74, 6) is 0.551. The number of carbonyl (C=O) groups is 2. The molecular formula is C25H31N3O4. The van der Waals surface area contributed by atoms with Gasteiger partial charge < -0.3 is 14.6 Å². The molecule has 32 heavy (non-hydrogen) atoms. The number of nitrogens with one attached hydrogen (secondary N) is 1. The fraction of sp³-hybridized carbons (Fsp3) is 0.480. The number of H-pyrrole nitrogens is 1. The molecule has 0 saturated carbocycles. The Hall–Kier alpha value is -2.93. The lowest BCUT2D eigenvalue weighted by molar-refractivity contribution is 0.0636. The number of fused-ring (bicyclic) bond motifs is 1. The fourth-order valence-electron chi connectivity index (χ4n) is 4.61. The van der Waals surface area contributed by atoms with Crippen LogP contribution in [0.4, 0.5) is 0 Å². The molecule has 1 amide bonds. The van der Waals surface area contributed by atoms with E-state index in [9.17, 15) is 14.4 Å². The summed E-state index contributed by atoms with van der Waals surface area (Å²) < 4.78 is 5.20. The summed E-state index contributed by atoms with van der Waals surface area (Å²) in [4.78, 5) is 45.1. The van der Waals surface area contributed by atoms with E-state index in [0.29, 0.717) is 37.2 Å². The number of nitrogens with zero attached hydrogens (tertiary/aromatic N) is 2. The highest BCUT2D eigenvalue weighted by Gasteiger charge is 2.33. The molecule has 0 atom stereocenters. The molecule has 2 aromatic rings. The highest BCUT2D eigenvalue weighted by Crippen LogP contribution is 2.33. The van der Waals surface area contributed by atoms with Crippen LogP contribution in [0.25, 0.3) is 0 Å². The molecule has 2 aliphatic rings. The van der Waals surface area contributed by atoms with Gasteiger partial charge in [0.05, 0.1) is 7.11 Å². The minimum absolute atomic E-state index is 0.00935. The van der Waals surface area contributed by atoms with Crippen LogP contribution >= 0.6 is 0 Å². The Balaban J connectivity index is 1.37. The number of amides is 1. The number of ether oxygens (including phenoxy) is 1. The van der Waals surface area contributed by atoms with E-state index in [1.54, 1.807) is 12.0 Å². The van der Waals surface area contributed by atoms with Crippen molar-refractivity contribution < 1.29 is 14.3 Å². The predicted molar refractivity (Wildman–Crippen MR) is 123 cm³/mol. The number of carbonyl (C=O) groups excluding carboxylic acids is 2.